The van der Waals surface area contributed by atoms with E-state index in [2.05, 4.69) is 15.5 Å². The number of amides is 2. The molecule has 0 aliphatic heterocycles. The summed E-state index contributed by atoms with van der Waals surface area (Å²) in [4.78, 5) is 37.3. The summed E-state index contributed by atoms with van der Waals surface area (Å²) >= 11 is 0. The molecule has 0 aliphatic rings. The van der Waals surface area contributed by atoms with Crippen molar-refractivity contribution in [2.45, 2.75) is 45.1 Å². The number of carboxylic acid groups (broad SMARTS) is 1. The summed E-state index contributed by atoms with van der Waals surface area (Å²) in [5.74, 6) is -1.76. The van der Waals surface area contributed by atoms with E-state index in [0.29, 0.717) is 18.1 Å². The molecule has 21 heavy (non-hydrogen) atoms. The van der Waals surface area contributed by atoms with Crippen molar-refractivity contribution in [1.82, 2.24) is 15.5 Å². The van der Waals surface area contributed by atoms with Crippen LogP contribution < -0.4 is 11.1 Å². The number of primary amides is 1. The first-order valence-corrected chi connectivity index (χ1v) is 6.54. The van der Waals surface area contributed by atoms with Crippen molar-refractivity contribution in [3.63, 3.8) is 0 Å². The van der Waals surface area contributed by atoms with Crippen molar-refractivity contribution in [2.75, 3.05) is 0 Å². The maximum atomic E-state index is 11.6. The molecule has 0 fully saturated rings. The Morgan fingerprint density at radius 3 is 2.67 bits per heavy atom. The molecule has 2 amide bonds. The van der Waals surface area contributed by atoms with Crippen LogP contribution in [0.1, 0.15) is 37.9 Å². The van der Waals surface area contributed by atoms with E-state index < -0.39 is 30.2 Å². The summed E-state index contributed by atoms with van der Waals surface area (Å²) in [5, 5.41) is 14.8. The van der Waals surface area contributed by atoms with Gasteiger partial charge in [-0.3, -0.25) is 9.59 Å². The van der Waals surface area contributed by atoms with Gasteiger partial charge in [-0.25, -0.2) is 4.79 Å². The maximum Gasteiger partial charge on any atom is 0.326 e. The van der Waals surface area contributed by atoms with E-state index in [1.165, 1.54) is 0 Å². The fourth-order valence-corrected chi connectivity index (χ4v) is 1.61. The van der Waals surface area contributed by atoms with Crippen LogP contribution in [-0.2, 0) is 27.2 Å². The van der Waals surface area contributed by atoms with Gasteiger partial charge in [-0.2, -0.15) is 4.98 Å². The summed E-state index contributed by atoms with van der Waals surface area (Å²) in [5.41, 5.74) is 4.92. The number of carboxylic acids is 1. The van der Waals surface area contributed by atoms with Crippen LogP contribution in [0.3, 0.4) is 0 Å². The third kappa shape index (κ3) is 6.02. The summed E-state index contributed by atoms with van der Waals surface area (Å²) in [6.07, 6.45) is 1.30. The van der Waals surface area contributed by atoms with Crippen molar-refractivity contribution in [3.8, 4) is 0 Å². The number of carbonyl (C=O) groups excluding carboxylic acids is 2. The minimum absolute atomic E-state index is 0.0176. The molecule has 1 aromatic heterocycles. The third-order valence-electron chi connectivity index (χ3n) is 2.59. The Balaban J connectivity index is 2.44. The van der Waals surface area contributed by atoms with Crippen molar-refractivity contribution in [2.24, 2.45) is 5.73 Å². The van der Waals surface area contributed by atoms with Gasteiger partial charge in [0.1, 0.15) is 6.04 Å². The number of carbonyl (C=O) groups is 3. The molecule has 1 rings (SSSR count). The summed E-state index contributed by atoms with van der Waals surface area (Å²) in [6, 6.07) is -1.33. The first-order valence-electron chi connectivity index (χ1n) is 6.54. The number of nitrogens with one attached hydrogen (secondary N) is 1. The number of nitrogens with two attached hydrogens (primary N) is 1. The number of aromatic nitrogens is 2. The lowest BCUT2D eigenvalue weighted by atomic mass is 10.2. The van der Waals surface area contributed by atoms with Gasteiger partial charge in [-0.1, -0.05) is 12.1 Å². The van der Waals surface area contributed by atoms with E-state index in [1.54, 1.807) is 0 Å². The van der Waals surface area contributed by atoms with Crippen LogP contribution >= 0.6 is 0 Å². The highest BCUT2D eigenvalue weighted by molar-refractivity contribution is 5.88. The number of nitrogens with zero attached hydrogens (tertiary/aromatic N) is 2. The standard InChI is InChI=1S/C12H18N4O5/c1-2-3-9-15-11(21-16-9)5-4-10(18)14-7(12(19)20)6-8(13)17/h7H,2-6H2,1H3,(H2,13,17)(H,14,18)(H,19,20)/t7-/m1/s1. The van der Waals surface area contributed by atoms with E-state index in [1.807, 2.05) is 6.92 Å². The number of aryl methyl sites for hydroxylation is 2. The van der Waals surface area contributed by atoms with Gasteiger partial charge >= 0.3 is 5.97 Å². The smallest absolute Gasteiger partial charge is 0.326 e. The highest BCUT2D eigenvalue weighted by Crippen LogP contribution is 2.03. The van der Waals surface area contributed by atoms with Crippen molar-refractivity contribution in [1.29, 1.82) is 0 Å². The van der Waals surface area contributed by atoms with Gasteiger partial charge in [0, 0.05) is 19.3 Å². The fourth-order valence-electron chi connectivity index (χ4n) is 1.61. The minimum atomic E-state index is -1.33. The lowest BCUT2D eigenvalue weighted by Gasteiger charge is -2.12. The fraction of sp³-hybridized carbons (Fsp3) is 0.583. The number of hydrogen-bond donors (Lipinski definition) is 3. The second-order valence-electron chi connectivity index (χ2n) is 4.48. The number of rotatable bonds is 9. The van der Waals surface area contributed by atoms with Crippen LogP contribution in [0, 0.1) is 0 Å². The highest BCUT2D eigenvalue weighted by Gasteiger charge is 2.22. The second kappa shape index (κ2) is 7.98. The highest BCUT2D eigenvalue weighted by atomic mass is 16.5. The zero-order chi connectivity index (χ0) is 15.8. The molecule has 0 unspecified atom stereocenters. The Bertz CT molecular complexity index is 514. The van der Waals surface area contributed by atoms with Gasteiger partial charge in [0.2, 0.25) is 17.7 Å². The SMILES string of the molecule is CCCc1noc(CCC(=O)N[C@H](CC(N)=O)C(=O)O)n1. The van der Waals surface area contributed by atoms with Gasteiger partial charge in [-0.05, 0) is 6.42 Å². The molecule has 0 spiro atoms. The Morgan fingerprint density at radius 1 is 1.38 bits per heavy atom. The van der Waals surface area contributed by atoms with Crippen LogP contribution in [0.2, 0.25) is 0 Å². The average Bonchev–Trinajstić information content (AvgIpc) is 2.83. The minimum Gasteiger partial charge on any atom is -0.480 e. The molecule has 1 heterocycles. The molecule has 1 atom stereocenters. The molecule has 0 saturated carbocycles. The normalized spacial score (nSPS) is 11.9. The van der Waals surface area contributed by atoms with Crippen LogP contribution in [-0.4, -0.2) is 39.1 Å². The van der Waals surface area contributed by atoms with Crippen LogP contribution in [0.4, 0.5) is 0 Å². The molecular weight excluding hydrogens is 280 g/mol. The molecule has 116 valence electrons. The lowest BCUT2D eigenvalue weighted by molar-refractivity contribution is -0.143. The molecule has 0 bridgehead atoms. The monoisotopic (exact) mass is 298 g/mol. The molecule has 0 aliphatic carbocycles. The van der Waals surface area contributed by atoms with Gasteiger partial charge in [0.15, 0.2) is 5.82 Å². The van der Waals surface area contributed by atoms with E-state index in [0.717, 1.165) is 6.42 Å². The molecule has 0 saturated heterocycles. The molecule has 0 radical (unpaired) electrons. The van der Waals surface area contributed by atoms with Crippen LogP contribution in [0.15, 0.2) is 4.52 Å². The van der Waals surface area contributed by atoms with Gasteiger partial charge in [-0.15, -0.1) is 0 Å². The third-order valence-corrected chi connectivity index (χ3v) is 2.59. The van der Waals surface area contributed by atoms with E-state index in [9.17, 15) is 14.4 Å². The predicted octanol–water partition coefficient (Wildman–Crippen LogP) is -0.600. The van der Waals surface area contributed by atoms with Crippen molar-refractivity contribution < 1.29 is 24.0 Å². The molecular formula is C12H18N4O5. The summed E-state index contributed by atoms with van der Waals surface area (Å²) < 4.78 is 4.95. The van der Waals surface area contributed by atoms with Crippen LogP contribution in [0.25, 0.3) is 0 Å². The first kappa shape index (κ1) is 16.6. The first-order chi connectivity index (χ1) is 9.92. The molecule has 1 aromatic rings. The largest absolute Gasteiger partial charge is 0.480 e. The van der Waals surface area contributed by atoms with Gasteiger partial charge in [0.05, 0.1) is 6.42 Å². The van der Waals surface area contributed by atoms with Crippen molar-refractivity contribution >= 4 is 17.8 Å². The Morgan fingerprint density at radius 2 is 2.10 bits per heavy atom. The quantitative estimate of drug-likeness (QED) is 0.551. The predicted molar refractivity (Wildman–Crippen MR) is 70.0 cm³/mol. The Labute approximate surface area is 120 Å². The second-order valence-corrected chi connectivity index (χ2v) is 4.48. The van der Waals surface area contributed by atoms with E-state index >= 15 is 0 Å². The summed E-state index contributed by atoms with van der Waals surface area (Å²) in [7, 11) is 0. The molecule has 9 heteroatoms. The van der Waals surface area contributed by atoms with Crippen LogP contribution in [0.5, 0.6) is 0 Å². The Kier molecular flexibility index (Phi) is 6.31. The molecule has 0 aromatic carbocycles. The van der Waals surface area contributed by atoms with E-state index in [-0.39, 0.29) is 12.8 Å². The zero-order valence-corrected chi connectivity index (χ0v) is 11.7. The van der Waals surface area contributed by atoms with Gasteiger partial charge in [0.25, 0.3) is 0 Å². The molecule has 4 N–H and O–H groups in total. The lowest BCUT2D eigenvalue weighted by Crippen LogP contribution is -2.43. The van der Waals surface area contributed by atoms with Crippen molar-refractivity contribution in [3.05, 3.63) is 11.7 Å². The summed E-state index contributed by atoms with van der Waals surface area (Å²) in [6.45, 7) is 1.98. The maximum absolute atomic E-state index is 11.6. The average molecular weight is 298 g/mol. The number of aliphatic carboxylic acids is 1. The Hall–Kier alpha value is -2.45. The number of hydrogen-bond acceptors (Lipinski definition) is 6. The molecule has 9 nitrogen and oxygen atoms in total. The topological polar surface area (TPSA) is 148 Å². The van der Waals surface area contributed by atoms with Gasteiger partial charge < -0.3 is 20.7 Å². The zero-order valence-electron chi connectivity index (χ0n) is 11.7. The van der Waals surface area contributed by atoms with E-state index in [4.69, 9.17) is 15.4 Å².